The van der Waals surface area contributed by atoms with Crippen LogP contribution in [0, 0.1) is 10.1 Å². The number of hydrogen-bond donors (Lipinski definition) is 1. The molecule has 16 heteroatoms. The van der Waals surface area contributed by atoms with E-state index in [0.29, 0.717) is 11.3 Å². The molecule has 1 N–H and O–H groups in total. The molecule has 0 saturated heterocycles. The molecule has 3 rings (SSSR count). The van der Waals surface area contributed by atoms with Crippen LogP contribution in [-0.2, 0) is 31.7 Å². The van der Waals surface area contributed by atoms with Crippen LogP contribution in [0.3, 0.4) is 0 Å². The topological polar surface area (TPSA) is 145 Å². The maximum Gasteiger partial charge on any atom is 0.416 e. The third kappa shape index (κ3) is 11.2. The Morgan fingerprint density at radius 2 is 1.69 bits per heavy atom. The molecule has 0 bridgehead atoms. The average molecular weight is 657 g/mol. The summed E-state index contributed by atoms with van der Waals surface area (Å²) in [5.41, 5.74) is -0.444. The Morgan fingerprint density at radius 1 is 1.00 bits per heavy atom. The highest BCUT2D eigenvalue weighted by molar-refractivity contribution is 7.17. The van der Waals surface area contributed by atoms with Crippen molar-refractivity contribution in [2.75, 3.05) is 46.7 Å². The van der Waals surface area contributed by atoms with Crippen molar-refractivity contribution in [1.29, 1.82) is 0 Å². The number of benzene rings is 2. The molecule has 1 amide bonds. The molecule has 0 aliphatic rings. The zero-order valence-electron chi connectivity index (χ0n) is 24.3. The van der Waals surface area contributed by atoms with Gasteiger partial charge in [-0.15, -0.1) is 0 Å². The largest absolute Gasteiger partial charge is 0.491 e. The minimum absolute atomic E-state index is 0.0431. The lowest BCUT2D eigenvalue weighted by Gasteiger charge is -2.20. The second kappa shape index (κ2) is 17.2. The highest BCUT2D eigenvalue weighted by Gasteiger charge is 2.36. The van der Waals surface area contributed by atoms with Crippen LogP contribution in [0.2, 0.25) is 0 Å². The van der Waals surface area contributed by atoms with Crippen LogP contribution in [0.5, 0.6) is 11.5 Å². The van der Waals surface area contributed by atoms with Gasteiger partial charge in [0, 0.05) is 12.1 Å². The third-order valence-corrected chi connectivity index (χ3v) is 6.95. The van der Waals surface area contributed by atoms with Crippen LogP contribution in [0.25, 0.3) is 0 Å². The van der Waals surface area contributed by atoms with E-state index < -0.39 is 39.8 Å². The van der Waals surface area contributed by atoms with Crippen molar-refractivity contribution in [2.45, 2.75) is 25.8 Å². The molecule has 1 heterocycles. The summed E-state index contributed by atoms with van der Waals surface area (Å²) in [5, 5.41) is 13.3. The van der Waals surface area contributed by atoms with Gasteiger partial charge in [-0.1, -0.05) is 47.7 Å². The van der Waals surface area contributed by atoms with Gasteiger partial charge in [-0.2, -0.15) is 13.2 Å². The predicted molar refractivity (Wildman–Crippen MR) is 155 cm³/mol. The first kappa shape index (κ1) is 35.1. The van der Waals surface area contributed by atoms with Gasteiger partial charge in [-0.25, -0.2) is 9.59 Å². The lowest BCUT2D eigenvalue weighted by Crippen LogP contribution is -2.28. The summed E-state index contributed by atoms with van der Waals surface area (Å²) < 4.78 is 73.2. The summed E-state index contributed by atoms with van der Waals surface area (Å²) in [4.78, 5) is 33.8. The highest BCUT2D eigenvalue weighted by Crippen LogP contribution is 2.41. The monoisotopic (exact) mass is 656 g/mol. The summed E-state index contributed by atoms with van der Waals surface area (Å²) in [6, 6.07) is 13.5. The number of nitro groups is 1. The lowest BCUT2D eigenvalue weighted by atomic mass is 10.0. The number of methoxy groups -OCH3 is 1. The summed E-state index contributed by atoms with van der Waals surface area (Å²) in [6.07, 6.45) is -6.59. The standard InChI is InChI=1S/C29H31F3N2O10S/c1-19(44-24-17-25(34(37)38)45-26(24)27(35)39-2)22-9-8-21(16-23(22)29(30,31)32)42-15-14-41-13-12-40-11-10-33-28(36)43-18-20-6-4-3-5-7-20/h3-9,16-17,19H,10-15,18H2,1-2H3,(H,33,36). The molecule has 1 unspecified atom stereocenters. The maximum absolute atomic E-state index is 13.9. The Bertz CT molecular complexity index is 1420. The highest BCUT2D eigenvalue weighted by atomic mass is 32.1. The molecule has 1 atom stereocenters. The van der Waals surface area contributed by atoms with E-state index in [0.717, 1.165) is 24.8 Å². The van der Waals surface area contributed by atoms with Crippen LogP contribution in [-0.4, -0.2) is 63.7 Å². The van der Waals surface area contributed by atoms with Gasteiger partial charge in [0.1, 0.15) is 25.1 Å². The Hall–Kier alpha value is -4.41. The van der Waals surface area contributed by atoms with Crippen LogP contribution < -0.4 is 14.8 Å². The van der Waals surface area contributed by atoms with E-state index in [2.05, 4.69) is 10.1 Å². The number of nitrogens with zero attached hydrogens (tertiary/aromatic N) is 1. The number of alkyl halides is 3. The van der Waals surface area contributed by atoms with Gasteiger partial charge in [-0.05, 0) is 24.6 Å². The van der Waals surface area contributed by atoms with Crippen molar-refractivity contribution in [1.82, 2.24) is 5.32 Å². The molecule has 244 valence electrons. The number of carbonyl (C=O) groups is 2. The normalized spacial score (nSPS) is 11.8. The Labute approximate surface area is 260 Å². The van der Waals surface area contributed by atoms with E-state index in [1.807, 2.05) is 30.3 Å². The van der Waals surface area contributed by atoms with Gasteiger partial charge >= 0.3 is 23.2 Å². The number of rotatable bonds is 17. The summed E-state index contributed by atoms with van der Waals surface area (Å²) in [6.45, 7) is 2.37. The zero-order valence-corrected chi connectivity index (χ0v) is 25.1. The van der Waals surface area contributed by atoms with Gasteiger partial charge in [-0.3, -0.25) is 10.1 Å². The summed E-state index contributed by atoms with van der Waals surface area (Å²) in [7, 11) is 1.06. The lowest BCUT2D eigenvalue weighted by molar-refractivity contribution is -0.380. The van der Waals surface area contributed by atoms with Crippen LogP contribution in [0.15, 0.2) is 54.6 Å². The number of ether oxygens (including phenoxy) is 6. The number of amides is 1. The maximum atomic E-state index is 13.9. The Kier molecular flexibility index (Phi) is 13.4. The number of carbonyl (C=O) groups excluding carboxylic acids is 2. The van der Waals surface area contributed by atoms with E-state index in [1.165, 1.54) is 19.1 Å². The minimum atomic E-state index is -4.78. The number of esters is 1. The fraction of sp³-hybridized carbons (Fsp3) is 0.379. The van der Waals surface area contributed by atoms with Gasteiger partial charge in [0.05, 0.1) is 50.1 Å². The fourth-order valence-electron chi connectivity index (χ4n) is 3.79. The molecule has 0 spiro atoms. The zero-order chi connectivity index (χ0) is 32.8. The van der Waals surface area contributed by atoms with Gasteiger partial charge < -0.3 is 33.7 Å². The molecular weight excluding hydrogens is 625 g/mol. The summed E-state index contributed by atoms with van der Waals surface area (Å²) in [5.74, 6) is -1.25. The molecule has 12 nitrogen and oxygen atoms in total. The molecule has 0 aliphatic heterocycles. The minimum Gasteiger partial charge on any atom is -0.491 e. The first-order chi connectivity index (χ1) is 21.5. The smallest absolute Gasteiger partial charge is 0.416 e. The van der Waals surface area contributed by atoms with E-state index in [1.54, 1.807) is 0 Å². The van der Waals surface area contributed by atoms with Crippen molar-refractivity contribution in [3.8, 4) is 11.5 Å². The van der Waals surface area contributed by atoms with E-state index in [4.69, 9.17) is 23.7 Å². The van der Waals surface area contributed by atoms with Crippen molar-refractivity contribution < 1.29 is 56.1 Å². The fourth-order valence-corrected chi connectivity index (χ4v) is 4.62. The molecule has 0 radical (unpaired) electrons. The number of nitrogens with one attached hydrogen (secondary N) is 1. The Morgan fingerprint density at radius 3 is 2.36 bits per heavy atom. The molecular formula is C29H31F3N2O10S. The van der Waals surface area contributed by atoms with Crippen molar-refractivity contribution in [2.24, 2.45) is 0 Å². The SMILES string of the molecule is COC(=O)c1sc([N+](=O)[O-])cc1OC(C)c1ccc(OCCOCCOCCNC(=O)OCc2ccccc2)cc1C(F)(F)F. The molecule has 1 aromatic heterocycles. The van der Waals surface area contributed by atoms with Crippen LogP contribution in [0.1, 0.15) is 39.4 Å². The number of alkyl carbamates (subject to hydrolysis) is 1. The van der Waals surface area contributed by atoms with Crippen LogP contribution in [0.4, 0.5) is 23.0 Å². The first-order valence-electron chi connectivity index (χ1n) is 13.5. The molecule has 0 saturated carbocycles. The average Bonchev–Trinajstić information content (AvgIpc) is 3.44. The quantitative estimate of drug-likeness (QED) is 0.0802. The third-order valence-electron chi connectivity index (χ3n) is 5.90. The van der Waals surface area contributed by atoms with Gasteiger partial charge in [0.15, 0.2) is 10.6 Å². The predicted octanol–water partition coefficient (Wildman–Crippen LogP) is 5.94. The van der Waals surface area contributed by atoms with Gasteiger partial charge in [0.25, 0.3) is 0 Å². The second-order valence-electron chi connectivity index (χ2n) is 9.10. The number of halogens is 3. The van der Waals surface area contributed by atoms with Crippen LogP contribution >= 0.6 is 11.3 Å². The second-order valence-corrected chi connectivity index (χ2v) is 10.1. The van der Waals surface area contributed by atoms with Crippen molar-refractivity contribution in [3.63, 3.8) is 0 Å². The van der Waals surface area contributed by atoms with Gasteiger partial charge in [0.2, 0.25) is 0 Å². The van der Waals surface area contributed by atoms with Crippen molar-refractivity contribution in [3.05, 3.63) is 86.3 Å². The van der Waals surface area contributed by atoms with Crippen molar-refractivity contribution >= 4 is 28.4 Å². The number of thiophene rings is 1. The van der Waals surface area contributed by atoms with E-state index in [9.17, 15) is 32.9 Å². The molecule has 0 fully saturated rings. The first-order valence-corrected chi connectivity index (χ1v) is 14.3. The molecule has 45 heavy (non-hydrogen) atoms. The van der Waals surface area contributed by atoms with E-state index in [-0.39, 0.29) is 68.1 Å². The van der Waals surface area contributed by atoms with E-state index >= 15 is 0 Å². The molecule has 2 aromatic carbocycles. The molecule has 0 aliphatic carbocycles. The Balaban J connectivity index is 1.40. The molecule has 3 aromatic rings. The summed E-state index contributed by atoms with van der Waals surface area (Å²) >= 11 is 0.491. The number of hydrogen-bond acceptors (Lipinski definition) is 11.